The number of carbonyl (C=O) groups excluding carboxylic acids is 1. The molecule has 5 heteroatoms. The topological polar surface area (TPSA) is 45.1 Å². The van der Waals surface area contributed by atoms with Gasteiger partial charge >= 0.3 is 0 Å². The van der Waals surface area contributed by atoms with Gasteiger partial charge in [-0.3, -0.25) is 4.79 Å². The Morgan fingerprint density at radius 2 is 2.08 bits per heavy atom. The molecule has 0 unspecified atom stereocenters. The number of oxime groups is 1. The third-order valence-corrected chi connectivity index (χ3v) is 4.47. The minimum absolute atomic E-state index is 0.218. The van der Waals surface area contributed by atoms with Crippen molar-refractivity contribution in [2.45, 2.75) is 25.9 Å². The van der Waals surface area contributed by atoms with Crippen molar-refractivity contribution in [3.05, 3.63) is 47.5 Å². The van der Waals surface area contributed by atoms with Crippen LogP contribution in [0.1, 0.15) is 24.8 Å². The molecule has 0 aromatic heterocycles. The lowest BCUT2D eigenvalue weighted by atomic mass is 10.0. The van der Waals surface area contributed by atoms with E-state index in [0.29, 0.717) is 19.6 Å². The van der Waals surface area contributed by atoms with E-state index in [1.807, 2.05) is 35.2 Å². The van der Waals surface area contributed by atoms with Gasteiger partial charge in [0.1, 0.15) is 12.3 Å². The first-order valence-electron chi connectivity index (χ1n) is 8.61. The SMILES string of the molecule is CN1CCC=C(C(CN2CCCC2=O)=NOCc2ccccc2)C1. The lowest BCUT2D eigenvalue weighted by Crippen LogP contribution is -2.36. The normalized spacial score (nSPS) is 19.5. The number of nitrogens with zero attached hydrogens (tertiary/aromatic N) is 3. The fourth-order valence-corrected chi connectivity index (χ4v) is 3.10. The van der Waals surface area contributed by atoms with Crippen LogP contribution in [0.3, 0.4) is 0 Å². The number of likely N-dealkylation sites (tertiary alicyclic amines) is 1. The summed E-state index contributed by atoms with van der Waals surface area (Å²) in [7, 11) is 2.11. The van der Waals surface area contributed by atoms with Crippen LogP contribution in [0, 0.1) is 0 Å². The zero-order chi connectivity index (χ0) is 16.8. The third kappa shape index (κ3) is 4.45. The molecule has 24 heavy (non-hydrogen) atoms. The van der Waals surface area contributed by atoms with Crippen LogP contribution in [0.25, 0.3) is 0 Å². The van der Waals surface area contributed by atoms with E-state index in [9.17, 15) is 4.79 Å². The molecule has 0 N–H and O–H groups in total. The fourth-order valence-electron chi connectivity index (χ4n) is 3.10. The summed E-state index contributed by atoms with van der Waals surface area (Å²) >= 11 is 0. The van der Waals surface area contributed by atoms with E-state index in [1.165, 1.54) is 5.57 Å². The standard InChI is InChI=1S/C19H25N3O2/c1-21-11-5-9-17(13-21)18(14-22-12-6-10-19(22)23)20-24-15-16-7-3-2-4-8-16/h2-4,7-9H,5-6,10-15H2,1H3. The highest BCUT2D eigenvalue weighted by molar-refractivity contribution is 6.03. The first-order valence-corrected chi connectivity index (χ1v) is 8.61. The summed E-state index contributed by atoms with van der Waals surface area (Å²) in [6, 6.07) is 10.0. The lowest BCUT2D eigenvalue weighted by molar-refractivity contribution is -0.127. The Labute approximate surface area is 143 Å². The van der Waals surface area contributed by atoms with Crippen LogP contribution in [-0.2, 0) is 16.2 Å². The van der Waals surface area contributed by atoms with Gasteiger partial charge in [-0.1, -0.05) is 41.6 Å². The summed E-state index contributed by atoms with van der Waals surface area (Å²) in [5.74, 6) is 0.218. The van der Waals surface area contributed by atoms with Gasteiger partial charge in [-0.05, 0) is 31.0 Å². The quantitative estimate of drug-likeness (QED) is 0.595. The van der Waals surface area contributed by atoms with Crippen molar-refractivity contribution in [1.29, 1.82) is 0 Å². The molecule has 0 spiro atoms. The number of hydrogen-bond donors (Lipinski definition) is 0. The van der Waals surface area contributed by atoms with Gasteiger partial charge in [0, 0.05) is 26.1 Å². The largest absolute Gasteiger partial charge is 0.391 e. The summed E-state index contributed by atoms with van der Waals surface area (Å²) in [5, 5.41) is 4.40. The van der Waals surface area contributed by atoms with E-state index in [4.69, 9.17) is 4.84 Å². The van der Waals surface area contributed by atoms with Gasteiger partial charge in [0.05, 0.1) is 6.54 Å². The number of hydrogen-bond acceptors (Lipinski definition) is 4. The van der Waals surface area contributed by atoms with E-state index in [-0.39, 0.29) is 5.91 Å². The first kappa shape index (κ1) is 16.7. The monoisotopic (exact) mass is 327 g/mol. The molecular formula is C19H25N3O2. The van der Waals surface area contributed by atoms with E-state index in [1.54, 1.807) is 0 Å². The Balaban J connectivity index is 1.69. The summed E-state index contributed by atoms with van der Waals surface area (Å²) in [4.78, 5) is 21.7. The molecule has 1 saturated heterocycles. The van der Waals surface area contributed by atoms with Crippen LogP contribution >= 0.6 is 0 Å². The Bertz CT molecular complexity index is 625. The highest BCUT2D eigenvalue weighted by Crippen LogP contribution is 2.15. The number of benzene rings is 1. The van der Waals surface area contributed by atoms with Gasteiger partial charge in [-0.25, -0.2) is 0 Å². The maximum Gasteiger partial charge on any atom is 0.222 e. The van der Waals surface area contributed by atoms with E-state index in [2.05, 4.69) is 23.2 Å². The molecule has 3 rings (SSSR count). The van der Waals surface area contributed by atoms with Gasteiger partial charge in [0.25, 0.3) is 0 Å². The minimum Gasteiger partial charge on any atom is -0.391 e. The van der Waals surface area contributed by atoms with Crippen molar-refractivity contribution in [3.8, 4) is 0 Å². The molecule has 0 radical (unpaired) electrons. The van der Waals surface area contributed by atoms with Gasteiger partial charge < -0.3 is 14.6 Å². The van der Waals surface area contributed by atoms with Gasteiger partial charge in [-0.15, -0.1) is 0 Å². The highest BCUT2D eigenvalue weighted by Gasteiger charge is 2.24. The molecule has 1 aromatic carbocycles. The van der Waals surface area contributed by atoms with Crippen LogP contribution in [0.5, 0.6) is 0 Å². The van der Waals surface area contributed by atoms with Crippen molar-refractivity contribution in [3.63, 3.8) is 0 Å². The average molecular weight is 327 g/mol. The predicted octanol–water partition coefficient (Wildman–Crippen LogP) is 2.44. The van der Waals surface area contributed by atoms with Crippen LogP contribution in [0.4, 0.5) is 0 Å². The van der Waals surface area contributed by atoms with Gasteiger partial charge in [0.2, 0.25) is 5.91 Å². The van der Waals surface area contributed by atoms with Crippen LogP contribution in [-0.4, -0.2) is 54.6 Å². The molecule has 2 aliphatic rings. The summed E-state index contributed by atoms with van der Waals surface area (Å²) in [6.45, 7) is 3.73. The average Bonchev–Trinajstić information content (AvgIpc) is 3.00. The Morgan fingerprint density at radius 3 is 2.79 bits per heavy atom. The lowest BCUT2D eigenvalue weighted by Gasteiger charge is -2.25. The molecule has 2 aliphatic heterocycles. The molecular weight excluding hydrogens is 302 g/mol. The van der Waals surface area contributed by atoms with E-state index < -0.39 is 0 Å². The van der Waals surface area contributed by atoms with Gasteiger partial charge in [-0.2, -0.15) is 0 Å². The van der Waals surface area contributed by atoms with Crippen LogP contribution < -0.4 is 0 Å². The second kappa shape index (κ2) is 8.11. The van der Waals surface area contributed by atoms with Crippen molar-refractivity contribution in [2.24, 2.45) is 5.16 Å². The van der Waals surface area contributed by atoms with Crippen molar-refractivity contribution in [2.75, 3.05) is 33.2 Å². The van der Waals surface area contributed by atoms with Crippen LogP contribution in [0.15, 0.2) is 47.1 Å². The number of carbonyl (C=O) groups is 1. The Morgan fingerprint density at radius 1 is 1.25 bits per heavy atom. The first-order chi connectivity index (χ1) is 11.7. The second-order valence-electron chi connectivity index (χ2n) is 6.47. The number of rotatable bonds is 6. The van der Waals surface area contributed by atoms with Crippen molar-refractivity contribution >= 4 is 11.6 Å². The van der Waals surface area contributed by atoms with Crippen LogP contribution in [0.2, 0.25) is 0 Å². The Hall–Kier alpha value is -2.14. The molecule has 1 amide bonds. The maximum absolute atomic E-state index is 12.0. The molecule has 1 aromatic rings. The molecule has 0 bridgehead atoms. The van der Waals surface area contributed by atoms with E-state index >= 15 is 0 Å². The van der Waals surface area contributed by atoms with Gasteiger partial charge in [0.15, 0.2) is 0 Å². The minimum atomic E-state index is 0.218. The molecule has 5 nitrogen and oxygen atoms in total. The zero-order valence-corrected chi connectivity index (χ0v) is 14.3. The highest BCUT2D eigenvalue weighted by atomic mass is 16.6. The summed E-state index contributed by atoms with van der Waals surface area (Å²) in [5.41, 5.74) is 3.15. The molecule has 2 heterocycles. The molecule has 0 aliphatic carbocycles. The van der Waals surface area contributed by atoms with E-state index in [0.717, 1.165) is 43.8 Å². The predicted molar refractivity (Wildman–Crippen MR) is 94.7 cm³/mol. The molecule has 128 valence electrons. The zero-order valence-electron chi connectivity index (χ0n) is 14.3. The number of likely N-dealkylation sites (N-methyl/N-ethyl adjacent to an activating group) is 1. The number of amides is 1. The smallest absolute Gasteiger partial charge is 0.222 e. The fraction of sp³-hybridized carbons (Fsp3) is 0.474. The molecule has 1 fully saturated rings. The summed E-state index contributed by atoms with van der Waals surface area (Å²) < 4.78 is 0. The molecule has 0 saturated carbocycles. The molecule has 0 atom stereocenters. The van der Waals surface area contributed by atoms with Crippen molar-refractivity contribution < 1.29 is 9.63 Å². The maximum atomic E-state index is 12.0. The third-order valence-electron chi connectivity index (χ3n) is 4.47. The Kier molecular flexibility index (Phi) is 5.64. The second-order valence-corrected chi connectivity index (χ2v) is 6.47. The van der Waals surface area contributed by atoms with Crippen molar-refractivity contribution in [1.82, 2.24) is 9.80 Å². The summed E-state index contributed by atoms with van der Waals surface area (Å²) in [6.07, 6.45) is 4.83.